The van der Waals surface area contributed by atoms with Crippen molar-refractivity contribution in [2.75, 3.05) is 38.1 Å². The van der Waals surface area contributed by atoms with Crippen molar-refractivity contribution >= 4 is 28.3 Å². The Kier molecular flexibility index (Phi) is 7.83. The van der Waals surface area contributed by atoms with E-state index < -0.39 is 0 Å². The summed E-state index contributed by atoms with van der Waals surface area (Å²) in [5, 5.41) is 3.87. The second kappa shape index (κ2) is 11.0. The summed E-state index contributed by atoms with van der Waals surface area (Å²) in [6.45, 7) is 8.42. The zero-order valence-electron chi connectivity index (χ0n) is 20.2. The molecule has 184 valence electrons. The fraction of sp³-hybridized carbons (Fsp3) is 0.333. The maximum absolute atomic E-state index is 14.3. The highest BCUT2D eigenvalue weighted by atomic mass is 32.1. The third kappa shape index (κ3) is 5.55. The zero-order valence-corrected chi connectivity index (χ0v) is 21.0. The minimum Gasteiger partial charge on any atom is -0.450 e. The second-order valence-electron chi connectivity index (χ2n) is 8.53. The predicted molar refractivity (Wildman–Crippen MR) is 137 cm³/mol. The average Bonchev–Trinajstić information content (AvgIpc) is 3.13. The van der Waals surface area contributed by atoms with Gasteiger partial charge < -0.3 is 15.0 Å². The number of aryl methyl sites for hydroxylation is 1. The number of nitrogens with one attached hydrogen (secondary N) is 1. The van der Waals surface area contributed by atoms with Gasteiger partial charge in [0.25, 0.3) is 5.91 Å². The number of carbonyl (C=O) groups is 2. The molecular weight excluding hydrogens is 465 g/mol. The molecule has 0 bridgehead atoms. The Morgan fingerprint density at radius 2 is 1.77 bits per heavy atom. The number of amides is 2. The molecule has 1 aromatic heterocycles. The lowest BCUT2D eigenvalue weighted by Gasteiger charge is -2.39. The van der Waals surface area contributed by atoms with Crippen LogP contribution in [-0.4, -0.2) is 54.6 Å². The van der Waals surface area contributed by atoms with E-state index in [4.69, 9.17) is 4.74 Å². The first-order chi connectivity index (χ1) is 16.9. The number of rotatable bonds is 6. The summed E-state index contributed by atoms with van der Waals surface area (Å²) >= 11 is 1.53. The summed E-state index contributed by atoms with van der Waals surface area (Å²) in [6.07, 6.45) is -0.312. The molecule has 0 radical (unpaired) electrons. The van der Waals surface area contributed by atoms with Gasteiger partial charge in [0, 0.05) is 42.2 Å². The first-order valence-electron chi connectivity index (χ1n) is 11.8. The van der Waals surface area contributed by atoms with Gasteiger partial charge in [-0.05, 0) is 56.2 Å². The van der Waals surface area contributed by atoms with Crippen molar-refractivity contribution in [2.45, 2.75) is 26.8 Å². The summed E-state index contributed by atoms with van der Waals surface area (Å²) in [7, 11) is 0. The topological polar surface area (TPSA) is 61.9 Å². The zero-order chi connectivity index (χ0) is 24.9. The predicted octanol–water partition coefficient (Wildman–Crippen LogP) is 5.62. The molecule has 1 fully saturated rings. The molecule has 1 N–H and O–H groups in total. The van der Waals surface area contributed by atoms with Crippen molar-refractivity contribution in [2.24, 2.45) is 0 Å². The van der Waals surface area contributed by atoms with E-state index in [2.05, 4.69) is 10.2 Å². The van der Waals surface area contributed by atoms with Crippen molar-refractivity contribution in [1.29, 1.82) is 0 Å². The van der Waals surface area contributed by atoms with Gasteiger partial charge in [0.15, 0.2) is 0 Å². The molecule has 2 amide bonds. The maximum Gasteiger partial charge on any atom is 0.409 e. The highest BCUT2D eigenvalue weighted by Gasteiger charge is 2.33. The summed E-state index contributed by atoms with van der Waals surface area (Å²) < 4.78 is 19.5. The SMILES string of the molecule is CCOC(=O)N1CCN(C(c2cccc(F)c2)c2c(NC(=O)c3ccccc3)sc(C)c2C)CC1. The number of nitrogens with zero attached hydrogens (tertiary/aromatic N) is 2. The highest BCUT2D eigenvalue weighted by Crippen LogP contribution is 2.42. The van der Waals surface area contributed by atoms with E-state index in [-0.39, 0.29) is 23.9 Å². The van der Waals surface area contributed by atoms with Gasteiger partial charge in [-0.15, -0.1) is 11.3 Å². The highest BCUT2D eigenvalue weighted by molar-refractivity contribution is 7.16. The largest absolute Gasteiger partial charge is 0.450 e. The van der Waals surface area contributed by atoms with Crippen molar-refractivity contribution in [3.63, 3.8) is 0 Å². The van der Waals surface area contributed by atoms with E-state index in [1.165, 1.54) is 17.4 Å². The van der Waals surface area contributed by atoms with Crippen molar-refractivity contribution < 1.29 is 18.7 Å². The van der Waals surface area contributed by atoms with Crippen LogP contribution in [0.25, 0.3) is 0 Å². The molecule has 8 heteroatoms. The van der Waals surface area contributed by atoms with Gasteiger partial charge in [0.05, 0.1) is 12.6 Å². The molecule has 35 heavy (non-hydrogen) atoms. The normalized spacial score (nSPS) is 15.0. The van der Waals surface area contributed by atoms with E-state index in [1.807, 2.05) is 38.1 Å². The first kappa shape index (κ1) is 24.9. The minimum atomic E-state index is -0.312. The molecule has 2 aromatic carbocycles. The summed E-state index contributed by atoms with van der Waals surface area (Å²) in [6, 6.07) is 15.4. The molecule has 4 rings (SSSR count). The molecule has 0 spiro atoms. The number of hydrogen-bond donors (Lipinski definition) is 1. The smallest absolute Gasteiger partial charge is 0.409 e. The number of piperazine rings is 1. The molecule has 1 unspecified atom stereocenters. The number of carbonyl (C=O) groups excluding carboxylic acids is 2. The summed E-state index contributed by atoms with van der Waals surface area (Å²) in [4.78, 5) is 30.3. The Hall–Kier alpha value is -3.23. The van der Waals surface area contributed by atoms with Crippen LogP contribution in [0.2, 0.25) is 0 Å². The number of thiophene rings is 1. The van der Waals surface area contributed by atoms with Crippen LogP contribution in [0.1, 0.15) is 44.9 Å². The lowest BCUT2D eigenvalue weighted by molar-refractivity contribution is 0.0715. The van der Waals surface area contributed by atoms with E-state index in [0.29, 0.717) is 38.3 Å². The lowest BCUT2D eigenvalue weighted by atomic mass is 9.94. The van der Waals surface area contributed by atoms with Crippen LogP contribution >= 0.6 is 11.3 Å². The fourth-order valence-electron chi connectivity index (χ4n) is 4.45. The van der Waals surface area contributed by atoms with E-state index in [0.717, 1.165) is 26.6 Å². The van der Waals surface area contributed by atoms with Crippen molar-refractivity contribution in [1.82, 2.24) is 9.80 Å². The van der Waals surface area contributed by atoms with Gasteiger partial charge in [-0.2, -0.15) is 0 Å². The molecular formula is C27H30FN3O3S. The van der Waals surface area contributed by atoms with Crippen LogP contribution in [0.15, 0.2) is 54.6 Å². The first-order valence-corrected chi connectivity index (χ1v) is 12.6. The molecule has 0 aliphatic carbocycles. The molecule has 1 aliphatic rings. The Bertz CT molecular complexity index is 1190. The molecule has 3 aromatic rings. The van der Waals surface area contributed by atoms with Gasteiger partial charge >= 0.3 is 6.09 Å². The van der Waals surface area contributed by atoms with Gasteiger partial charge in [0.1, 0.15) is 10.8 Å². The van der Waals surface area contributed by atoms with Crippen LogP contribution in [0.4, 0.5) is 14.2 Å². The number of ether oxygens (including phenoxy) is 1. The number of anilines is 1. The Labute approximate surface area is 209 Å². The molecule has 6 nitrogen and oxygen atoms in total. The van der Waals surface area contributed by atoms with Crippen molar-refractivity contribution in [3.05, 3.63) is 87.5 Å². The number of hydrogen-bond acceptors (Lipinski definition) is 5. The fourth-order valence-corrected chi connectivity index (χ4v) is 5.53. The Morgan fingerprint density at radius 1 is 1.06 bits per heavy atom. The maximum atomic E-state index is 14.3. The van der Waals surface area contributed by atoms with Gasteiger partial charge in [-0.1, -0.05) is 30.3 Å². The molecule has 0 saturated carbocycles. The third-order valence-corrected chi connectivity index (χ3v) is 7.48. The van der Waals surface area contributed by atoms with E-state index in [9.17, 15) is 14.0 Å². The van der Waals surface area contributed by atoms with Crippen LogP contribution < -0.4 is 5.32 Å². The standard InChI is InChI=1S/C27H30FN3O3S/c1-4-34-27(33)31-15-13-30(14-16-31)24(21-11-8-12-22(28)17-21)23-18(2)19(3)35-26(23)29-25(32)20-9-6-5-7-10-20/h5-12,17,24H,4,13-16H2,1-3H3,(H,29,32). The van der Waals surface area contributed by atoms with E-state index >= 15 is 0 Å². The van der Waals surface area contributed by atoms with Crippen molar-refractivity contribution in [3.8, 4) is 0 Å². The minimum absolute atomic E-state index is 0.182. The van der Waals surface area contributed by atoms with Gasteiger partial charge in [-0.3, -0.25) is 9.69 Å². The van der Waals surface area contributed by atoms with Crippen LogP contribution in [0.5, 0.6) is 0 Å². The van der Waals surface area contributed by atoms with Crippen LogP contribution in [0.3, 0.4) is 0 Å². The van der Waals surface area contributed by atoms with Gasteiger partial charge in [-0.25, -0.2) is 9.18 Å². The summed E-state index contributed by atoms with van der Waals surface area (Å²) in [5.74, 6) is -0.490. The second-order valence-corrected chi connectivity index (χ2v) is 9.75. The average molecular weight is 496 g/mol. The van der Waals surface area contributed by atoms with Gasteiger partial charge in [0.2, 0.25) is 0 Å². The van der Waals surface area contributed by atoms with Crippen LogP contribution in [0, 0.1) is 19.7 Å². The third-order valence-electron chi connectivity index (χ3n) is 6.34. The molecule has 1 aliphatic heterocycles. The molecule has 1 saturated heterocycles. The molecule has 2 heterocycles. The number of benzene rings is 2. The Balaban J connectivity index is 1.69. The quantitative estimate of drug-likeness (QED) is 0.482. The summed E-state index contributed by atoms with van der Waals surface area (Å²) in [5.41, 5.74) is 3.42. The molecule has 1 atom stereocenters. The monoisotopic (exact) mass is 495 g/mol. The Morgan fingerprint density at radius 3 is 2.43 bits per heavy atom. The van der Waals surface area contributed by atoms with Crippen LogP contribution in [-0.2, 0) is 4.74 Å². The van der Waals surface area contributed by atoms with E-state index in [1.54, 1.807) is 36.1 Å². The lowest BCUT2D eigenvalue weighted by Crippen LogP contribution is -2.50. The number of halogens is 1.